The minimum atomic E-state index is 0.563. The molecule has 0 radical (unpaired) electrons. The predicted octanol–water partition coefficient (Wildman–Crippen LogP) is 5.20. The molecule has 3 heteroatoms. The summed E-state index contributed by atoms with van der Waals surface area (Å²) in [6.07, 6.45) is 5.04. The van der Waals surface area contributed by atoms with Crippen LogP contribution in [0.25, 0.3) is 10.9 Å². The van der Waals surface area contributed by atoms with E-state index in [2.05, 4.69) is 0 Å². The fourth-order valence-electron chi connectivity index (χ4n) is 2.62. The topological polar surface area (TPSA) is 12.9 Å². The highest BCUT2D eigenvalue weighted by molar-refractivity contribution is 6.39. The summed E-state index contributed by atoms with van der Waals surface area (Å²) in [5.41, 5.74) is 1.94. The number of hydrogen-bond donors (Lipinski definition) is 0. The lowest BCUT2D eigenvalue weighted by atomic mass is 10.0. The Hall–Kier alpha value is -0.790. The first kappa shape index (κ1) is 11.3. The van der Waals surface area contributed by atoms with E-state index in [9.17, 15) is 0 Å². The molecule has 1 heterocycles. The SMILES string of the molecule is Clc1cc(C2CCCC2)nc2c(Cl)cccc12. The molecule has 0 amide bonds. The minimum Gasteiger partial charge on any atom is -0.251 e. The Morgan fingerprint density at radius 3 is 2.59 bits per heavy atom. The third kappa shape index (κ3) is 2.02. The number of nitrogens with zero attached hydrogens (tertiary/aromatic N) is 1. The smallest absolute Gasteiger partial charge is 0.0906 e. The molecule has 0 bridgehead atoms. The molecule has 1 nitrogen and oxygen atoms in total. The third-order valence-electron chi connectivity index (χ3n) is 3.53. The predicted molar refractivity (Wildman–Crippen MR) is 73.0 cm³/mol. The van der Waals surface area contributed by atoms with Gasteiger partial charge in [-0.2, -0.15) is 0 Å². The van der Waals surface area contributed by atoms with Crippen molar-refractivity contribution in [3.63, 3.8) is 0 Å². The Labute approximate surface area is 111 Å². The van der Waals surface area contributed by atoms with Crippen LogP contribution in [0.3, 0.4) is 0 Å². The lowest BCUT2D eigenvalue weighted by Crippen LogP contribution is -1.97. The van der Waals surface area contributed by atoms with Gasteiger partial charge < -0.3 is 0 Å². The number of para-hydroxylation sites is 1. The Morgan fingerprint density at radius 2 is 1.82 bits per heavy atom. The molecule has 1 aliphatic rings. The highest BCUT2D eigenvalue weighted by Gasteiger charge is 2.20. The van der Waals surface area contributed by atoms with E-state index < -0.39 is 0 Å². The number of fused-ring (bicyclic) bond motifs is 1. The second-order valence-corrected chi connectivity index (χ2v) is 5.46. The maximum atomic E-state index is 6.31. The molecular weight excluding hydrogens is 253 g/mol. The van der Waals surface area contributed by atoms with Gasteiger partial charge in [0, 0.05) is 17.0 Å². The Morgan fingerprint density at radius 1 is 1.06 bits per heavy atom. The third-order valence-corrected chi connectivity index (χ3v) is 4.15. The number of benzene rings is 1. The maximum Gasteiger partial charge on any atom is 0.0906 e. The van der Waals surface area contributed by atoms with Crippen LogP contribution in [-0.2, 0) is 0 Å². The average Bonchev–Trinajstić information content (AvgIpc) is 2.84. The minimum absolute atomic E-state index is 0.563. The second-order valence-electron chi connectivity index (χ2n) is 4.65. The first-order valence-corrected chi connectivity index (χ1v) is 6.76. The zero-order valence-electron chi connectivity index (χ0n) is 9.42. The Balaban J connectivity index is 2.18. The number of aromatic nitrogens is 1. The van der Waals surface area contributed by atoms with Crippen molar-refractivity contribution in [2.45, 2.75) is 31.6 Å². The van der Waals surface area contributed by atoms with E-state index in [1.54, 1.807) is 0 Å². The van der Waals surface area contributed by atoms with Crippen LogP contribution in [0.2, 0.25) is 10.0 Å². The van der Waals surface area contributed by atoms with Gasteiger partial charge in [0.1, 0.15) is 0 Å². The standard InChI is InChI=1S/C14H13Cl2N/c15-11-7-3-6-10-12(16)8-13(17-14(10)11)9-4-1-2-5-9/h3,6-9H,1-2,4-5H2. The molecule has 1 aromatic carbocycles. The molecule has 3 rings (SSSR count). The molecule has 1 saturated carbocycles. The molecule has 0 spiro atoms. The van der Waals surface area contributed by atoms with Crippen LogP contribution in [0.4, 0.5) is 0 Å². The van der Waals surface area contributed by atoms with E-state index in [-0.39, 0.29) is 0 Å². The summed E-state index contributed by atoms with van der Waals surface area (Å²) in [5.74, 6) is 0.563. The van der Waals surface area contributed by atoms with Gasteiger partial charge in [-0.05, 0) is 25.0 Å². The summed E-state index contributed by atoms with van der Waals surface area (Å²) in [5, 5.41) is 2.39. The largest absolute Gasteiger partial charge is 0.251 e. The van der Waals surface area contributed by atoms with E-state index >= 15 is 0 Å². The van der Waals surface area contributed by atoms with Crippen molar-refractivity contribution < 1.29 is 0 Å². The van der Waals surface area contributed by atoms with Crippen molar-refractivity contribution in [2.24, 2.45) is 0 Å². The molecule has 0 aliphatic heterocycles. The fourth-order valence-corrected chi connectivity index (χ4v) is 3.10. The van der Waals surface area contributed by atoms with Crippen molar-refractivity contribution >= 4 is 34.1 Å². The first-order chi connectivity index (χ1) is 8.25. The van der Waals surface area contributed by atoms with Crippen molar-refractivity contribution in [3.8, 4) is 0 Å². The molecule has 1 aromatic heterocycles. The van der Waals surface area contributed by atoms with Gasteiger partial charge >= 0.3 is 0 Å². The fraction of sp³-hybridized carbons (Fsp3) is 0.357. The van der Waals surface area contributed by atoms with Gasteiger partial charge in [0.15, 0.2) is 0 Å². The van der Waals surface area contributed by atoms with Crippen LogP contribution >= 0.6 is 23.2 Å². The number of hydrogen-bond acceptors (Lipinski definition) is 1. The first-order valence-electron chi connectivity index (χ1n) is 6.00. The van der Waals surface area contributed by atoms with Gasteiger partial charge in [-0.1, -0.05) is 48.2 Å². The van der Waals surface area contributed by atoms with Crippen LogP contribution in [0.1, 0.15) is 37.3 Å². The van der Waals surface area contributed by atoms with Crippen molar-refractivity contribution in [2.75, 3.05) is 0 Å². The lowest BCUT2D eigenvalue weighted by Gasteiger charge is -2.11. The quantitative estimate of drug-likeness (QED) is 0.691. The highest BCUT2D eigenvalue weighted by atomic mass is 35.5. The molecule has 0 unspecified atom stereocenters. The molecule has 88 valence electrons. The Bertz CT molecular complexity index is 559. The summed E-state index contributed by atoms with van der Waals surface area (Å²) in [6, 6.07) is 7.75. The summed E-state index contributed by atoms with van der Waals surface area (Å²) >= 11 is 12.5. The van der Waals surface area contributed by atoms with Gasteiger partial charge in [-0.25, -0.2) is 0 Å². The molecular formula is C14H13Cl2N. The van der Waals surface area contributed by atoms with Crippen LogP contribution in [-0.4, -0.2) is 4.98 Å². The normalized spacial score (nSPS) is 16.8. The van der Waals surface area contributed by atoms with E-state index in [0.717, 1.165) is 21.6 Å². The van der Waals surface area contributed by atoms with Gasteiger partial charge in [0.05, 0.1) is 15.6 Å². The Kier molecular flexibility index (Phi) is 2.97. The molecule has 0 N–H and O–H groups in total. The molecule has 17 heavy (non-hydrogen) atoms. The molecule has 2 aromatic rings. The summed E-state index contributed by atoms with van der Waals surface area (Å²) in [6.45, 7) is 0. The van der Waals surface area contributed by atoms with Crippen LogP contribution in [0.15, 0.2) is 24.3 Å². The highest BCUT2D eigenvalue weighted by Crippen LogP contribution is 2.36. The molecule has 1 aliphatic carbocycles. The summed E-state index contributed by atoms with van der Waals surface area (Å²) < 4.78 is 0. The molecule has 1 fully saturated rings. The molecule has 0 atom stereocenters. The van der Waals surface area contributed by atoms with Gasteiger partial charge in [0.25, 0.3) is 0 Å². The van der Waals surface area contributed by atoms with Crippen molar-refractivity contribution in [1.29, 1.82) is 0 Å². The van der Waals surface area contributed by atoms with Crippen LogP contribution < -0.4 is 0 Å². The lowest BCUT2D eigenvalue weighted by molar-refractivity contribution is 0.701. The second kappa shape index (κ2) is 4.47. The van der Waals surface area contributed by atoms with E-state index in [0.29, 0.717) is 10.9 Å². The zero-order chi connectivity index (χ0) is 11.8. The van der Waals surface area contributed by atoms with Crippen LogP contribution in [0.5, 0.6) is 0 Å². The number of pyridine rings is 1. The van der Waals surface area contributed by atoms with Crippen LogP contribution in [0, 0.1) is 0 Å². The van der Waals surface area contributed by atoms with E-state index in [1.807, 2.05) is 24.3 Å². The summed E-state index contributed by atoms with van der Waals surface area (Å²) in [4.78, 5) is 4.70. The van der Waals surface area contributed by atoms with Crippen molar-refractivity contribution in [1.82, 2.24) is 4.98 Å². The maximum absolute atomic E-state index is 6.31. The van der Waals surface area contributed by atoms with Gasteiger partial charge in [-0.3, -0.25) is 4.98 Å². The van der Waals surface area contributed by atoms with Gasteiger partial charge in [0.2, 0.25) is 0 Å². The van der Waals surface area contributed by atoms with E-state index in [4.69, 9.17) is 28.2 Å². The number of halogens is 2. The summed E-state index contributed by atoms with van der Waals surface area (Å²) in [7, 11) is 0. The van der Waals surface area contributed by atoms with Crippen molar-refractivity contribution in [3.05, 3.63) is 40.0 Å². The van der Waals surface area contributed by atoms with Gasteiger partial charge in [-0.15, -0.1) is 0 Å². The monoisotopic (exact) mass is 265 g/mol. The molecule has 0 saturated heterocycles. The van der Waals surface area contributed by atoms with E-state index in [1.165, 1.54) is 25.7 Å². The number of rotatable bonds is 1. The average molecular weight is 266 g/mol. The zero-order valence-corrected chi connectivity index (χ0v) is 10.9.